The molecule has 2 heterocycles. The number of sulfonamides is 1. The summed E-state index contributed by atoms with van der Waals surface area (Å²) >= 11 is 0. The summed E-state index contributed by atoms with van der Waals surface area (Å²) in [5.74, 6) is -0.109. The molecule has 1 aliphatic heterocycles. The molecule has 154 valence electrons. The minimum Gasteiger partial charge on any atom is -0.347 e. The van der Waals surface area contributed by atoms with Crippen LogP contribution in [-0.2, 0) is 20.4 Å². The Bertz CT molecular complexity index is 896. The fourth-order valence-corrected chi connectivity index (χ4v) is 4.19. The molecule has 0 bridgehead atoms. The molecule has 0 saturated carbocycles. The van der Waals surface area contributed by atoms with Gasteiger partial charge in [-0.15, -0.1) is 12.4 Å². The number of rotatable bonds is 6. The third-order valence-corrected chi connectivity index (χ3v) is 6.49. The summed E-state index contributed by atoms with van der Waals surface area (Å²) in [5, 5.41) is 10.6. The number of amides is 1. The Morgan fingerprint density at radius 3 is 2.61 bits per heavy atom. The van der Waals surface area contributed by atoms with Gasteiger partial charge in [-0.05, 0) is 63.7 Å². The van der Waals surface area contributed by atoms with Gasteiger partial charge >= 0.3 is 0 Å². The predicted molar refractivity (Wildman–Crippen MR) is 109 cm³/mol. The van der Waals surface area contributed by atoms with Crippen LogP contribution in [0.25, 0.3) is 0 Å². The normalized spacial score (nSPS) is 17.4. The lowest BCUT2D eigenvalue weighted by Crippen LogP contribution is -2.55. The van der Waals surface area contributed by atoms with Gasteiger partial charge in [-0.25, -0.2) is 13.1 Å². The fraction of sp³-hybridized carbons (Fsp3) is 0.444. The second kappa shape index (κ2) is 9.04. The molecule has 8 nitrogen and oxygen atoms in total. The number of benzene rings is 1. The van der Waals surface area contributed by atoms with E-state index in [1.54, 1.807) is 23.0 Å². The van der Waals surface area contributed by atoms with Gasteiger partial charge in [-0.3, -0.25) is 9.48 Å². The Morgan fingerprint density at radius 1 is 1.29 bits per heavy atom. The van der Waals surface area contributed by atoms with Crippen molar-refractivity contribution in [3.05, 3.63) is 48.3 Å². The quantitative estimate of drug-likeness (QED) is 0.641. The van der Waals surface area contributed by atoms with Gasteiger partial charge in [0.15, 0.2) is 0 Å². The number of aromatic nitrogens is 2. The molecule has 0 radical (unpaired) electrons. The van der Waals surface area contributed by atoms with E-state index in [0.29, 0.717) is 12.8 Å². The molecule has 1 amide bonds. The van der Waals surface area contributed by atoms with Crippen molar-refractivity contribution in [3.63, 3.8) is 0 Å². The molecule has 0 spiro atoms. The molecule has 1 aromatic carbocycles. The zero-order chi connectivity index (χ0) is 19.5. The number of hydrogen-bond acceptors (Lipinski definition) is 5. The van der Waals surface area contributed by atoms with Crippen molar-refractivity contribution in [3.8, 4) is 0 Å². The molecule has 28 heavy (non-hydrogen) atoms. The molecule has 10 heteroatoms. The van der Waals surface area contributed by atoms with Gasteiger partial charge in [-0.1, -0.05) is 12.1 Å². The minimum absolute atomic E-state index is 0. The molecule has 3 rings (SSSR count). The van der Waals surface area contributed by atoms with Gasteiger partial charge in [0.05, 0.1) is 10.9 Å². The van der Waals surface area contributed by atoms with Crippen LogP contribution in [0.5, 0.6) is 0 Å². The molecule has 2 aromatic rings. The van der Waals surface area contributed by atoms with E-state index in [0.717, 1.165) is 18.7 Å². The molecule has 1 aromatic heterocycles. The first-order valence-electron chi connectivity index (χ1n) is 8.94. The Morgan fingerprint density at radius 2 is 2.00 bits per heavy atom. The van der Waals surface area contributed by atoms with E-state index in [1.165, 1.54) is 13.1 Å². The van der Waals surface area contributed by atoms with Crippen LogP contribution in [0.3, 0.4) is 0 Å². The molecule has 0 aliphatic carbocycles. The first kappa shape index (κ1) is 22.4. The van der Waals surface area contributed by atoms with Gasteiger partial charge < -0.3 is 10.6 Å². The van der Waals surface area contributed by atoms with Gasteiger partial charge in [0, 0.05) is 12.4 Å². The van der Waals surface area contributed by atoms with Gasteiger partial charge in [0.2, 0.25) is 15.9 Å². The maximum Gasteiger partial charge on any atom is 0.248 e. The van der Waals surface area contributed by atoms with E-state index >= 15 is 0 Å². The lowest BCUT2D eigenvalue weighted by molar-refractivity contribution is -0.132. The standard InChI is InChI=1S/C18H25N5O3S.ClH/c1-14(15-5-3-6-16(13-15)27(25,26)19-2)22-17(24)18(7-10-20-11-8-18)23-12-4-9-21-23;/h3-6,9,12-14,19-20H,7-8,10-11H2,1-2H3,(H,22,24);1H. The van der Waals surface area contributed by atoms with Crippen molar-refractivity contribution >= 4 is 28.3 Å². The molecule has 1 aliphatic rings. The number of piperidine rings is 1. The highest BCUT2D eigenvalue weighted by atomic mass is 35.5. The smallest absolute Gasteiger partial charge is 0.248 e. The van der Waals surface area contributed by atoms with Crippen LogP contribution < -0.4 is 15.4 Å². The van der Waals surface area contributed by atoms with Crippen molar-refractivity contribution in [1.29, 1.82) is 0 Å². The van der Waals surface area contributed by atoms with Crippen LogP contribution in [0.15, 0.2) is 47.6 Å². The first-order valence-corrected chi connectivity index (χ1v) is 10.4. The number of carbonyl (C=O) groups excluding carboxylic acids is 1. The van der Waals surface area contributed by atoms with Crippen LogP contribution in [0.1, 0.15) is 31.4 Å². The van der Waals surface area contributed by atoms with Crippen molar-refractivity contribution in [2.75, 3.05) is 20.1 Å². The molecule has 1 saturated heterocycles. The second-order valence-electron chi connectivity index (χ2n) is 6.71. The first-order chi connectivity index (χ1) is 12.9. The third-order valence-electron chi connectivity index (χ3n) is 5.08. The van der Waals surface area contributed by atoms with Gasteiger partial charge in [0.25, 0.3) is 0 Å². The zero-order valence-corrected chi connectivity index (χ0v) is 17.5. The Kier molecular flexibility index (Phi) is 7.22. The van der Waals surface area contributed by atoms with Crippen molar-refractivity contribution in [2.45, 2.75) is 36.2 Å². The number of nitrogens with zero attached hydrogens (tertiary/aromatic N) is 2. The van der Waals surface area contributed by atoms with Crippen LogP contribution in [0.2, 0.25) is 0 Å². The maximum absolute atomic E-state index is 13.2. The summed E-state index contributed by atoms with van der Waals surface area (Å²) in [7, 11) is -2.16. The van der Waals surface area contributed by atoms with Gasteiger partial charge in [0.1, 0.15) is 5.54 Å². The summed E-state index contributed by atoms with van der Waals surface area (Å²) in [6.45, 7) is 3.32. The van der Waals surface area contributed by atoms with Crippen LogP contribution in [-0.4, -0.2) is 44.2 Å². The number of nitrogens with one attached hydrogen (secondary N) is 3. The molecular weight excluding hydrogens is 402 g/mol. The summed E-state index contributed by atoms with van der Waals surface area (Å²) in [5.41, 5.74) is -0.0123. The average molecular weight is 428 g/mol. The van der Waals surface area contributed by atoms with E-state index in [9.17, 15) is 13.2 Å². The lowest BCUT2D eigenvalue weighted by Gasteiger charge is -2.37. The molecule has 3 N–H and O–H groups in total. The van der Waals surface area contributed by atoms with Crippen LogP contribution in [0, 0.1) is 0 Å². The SMILES string of the molecule is CNS(=O)(=O)c1cccc(C(C)NC(=O)C2(n3cccn3)CCNCC2)c1.Cl. The van der Waals surface area contributed by atoms with E-state index in [-0.39, 0.29) is 29.3 Å². The van der Waals surface area contributed by atoms with E-state index < -0.39 is 15.6 Å². The monoisotopic (exact) mass is 427 g/mol. The van der Waals surface area contributed by atoms with Gasteiger partial charge in [-0.2, -0.15) is 5.10 Å². The van der Waals surface area contributed by atoms with Crippen molar-refractivity contribution < 1.29 is 13.2 Å². The largest absolute Gasteiger partial charge is 0.347 e. The predicted octanol–water partition coefficient (Wildman–Crippen LogP) is 1.17. The number of hydrogen-bond donors (Lipinski definition) is 3. The zero-order valence-electron chi connectivity index (χ0n) is 15.9. The maximum atomic E-state index is 13.2. The summed E-state index contributed by atoms with van der Waals surface area (Å²) in [4.78, 5) is 13.4. The number of halogens is 1. The molecule has 1 fully saturated rings. The Labute approximate surface area is 171 Å². The molecule has 1 atom stereocenters. The van der Waals surface area contributed by atoms with Crippen LogP contribution >= 0.6 is 12.4 Å². The topological polar surface area (TPSA) is 105 Å². The van der Waals surface area contributed by atoms with Crippen molar-refractivity contribution in [2.24, 2.45) is 0 Å². The molecular formula is C18H26ClN5O3S. The Hall–Kier alpha value is -1.94. The highest BCUT2D eigenvalue weighted by molar-refractivity contribution is 7.89. The highest BCUT2D eigenvalue weighted by Crippen LogP contribution is 2.28. The van der Waals surface area contributed by atoms with E-state index in [1.807, 2.05) is 25.3 Å². The third kappa shape index (κ3) is 4.38. The Balaban J connectivity index is 0.00000280. The summed E-state index contributed by atoms with van der Waals surface area (Å²) in [6, 6.07) is 8.07. The fourth-order valence-electron chi connectivity index (χ4n) is 3.41. The number of carbonyl (C=O) groups is 1. The summed E-state index contributed by atoms with van der Waals surface area (Å²) < 4.78 is 28.1. The lowest BCUT2D eigenvalue weighted by atomic mass is 9.87. The second-order valence-corrected chi connectivity index (χ2v) is 8.59. The summed E-state index contributed by atoms with van der Waals surface area (Å²) in [6.07, 6.45) is 4.77. The van der Waals surface area contributed by atoms with E-state index in [4.69, 9.17) is 0 Å². The van der Waals surface area contributed by atoms with Crippen LogP contribution in [0.4, 0.5) is 0 Å². The van der Waals surface area contributed by atoms with E-state index in [2.05, 4.69) is 20.5 Å². The highest BCUT2D eigenvalue weighted by Gasteiger charge is 2.42. The van der Waals surface area contributed by atoms with Crippen molar-refractivity contribution in [1.82, 2.24) is 25.1 Å². The minimum atomic E-state index is -3.54. The molecule has 1 unspecified atom stereocenters. The average Bonchev–Trinajstić information content (AvgIpc) is 3.24.